The van der Waals surface area contributed by atoms with E-state index < -0.39 is 0 Å². The van der Waals surface area contributed by atoms with Crippen molar-refractivity contribution in [2.75, 3.05) is 38.2 Å². The maximum atomic E-state index is 12.8. The standard InChI is InChI=1S/C27H30N6O4/c1-18-13-19(2)33(31-18)25-15-24(29-27(30-25)23-8-7-20(3)37-23)28-26(34)17-36-22-6-4-5-21(14-22)16-32-9-11-35-12-10-32/h4-8,13-15H,9-12,16-17H2,1-3H3,(H,28,29,30,34). The number of furan rings is 1. The van der Waals surface area contributed by atoms with E-state index in [2.05, 4.69) is 31.3 Å². The molecule has 4 heterocycles. The zero-order chi connectivity index (χ0) is 25.8. The molecule has 1 aliphatic heterocycles. The van der Waals surface area contributed by atoms with E-state index in [0.29, 0.717) is 29.0 Å². The van der Waals surface area contributed by atoms with Gasteiger partial charge in [0.15, 0.2) is 24.0 Å². The van der Waals surface area contributed by atoms with Gasteiger partial charge in [-0.05, 0) is 56.7 Å². The van der Waals surface area contributed by atoms with Crippen LogP contribution in [0.1, 0.15) is 22.7 Å². The van der Waals surface area contributed by atoms with Gasteiger partial charge in [0.25, 0.3) is 5.91 Å². The average molecular weight is 503 g/mol. The van der Waals surface area contributed by atoms with E-state index in [1.165, 1.54) is 0 Å². The summed E-state index contributed by atoms with van der Waals surface area (Å²) in [7, 11) is 0. The molecule has 1 amide bonds. The highest BCUT2D eigenvalue weighted by Gasteiger charge is 2.16. The van der Waals surface area contributed by atoms with Crippen molar-refractivity contribution in [3.8, 4) is 23.2 Å². The fourth-order valence-electron chi connectivity index (χ4n) is 4.21. The molecule has 0 saturated carbocycles. The second kappa shape index (κ2) is 10.9. The maximum absolute atomic E-state index is 12.8. The molecule has 4 aromatic rings. The van der Waals surface area contributed by atoms with Crippen molar-refractivity contribution in [1.29, 1.82) is 0 Å². The Morgan fingerprint density at radius 2 is 1.89 bits per heavy atom. The Morgan fingerprint density at radius 1 is 1.05 bits per heavy atom. The molecule has 0 radical (unpaired) electrons. The van der Waals surface area contributed by atoms with Gasteiger partial charge in [0.2, 0.25) is 0 Å². The number of hydrogen-bond acceptors (Lipinski definition) is 8. The fraction of sp³-hybridized carbons (Fsp3) is 0.333. The SMILES string of the molecule is Cc1cc(C)n(-c2cc(NC(=O)COc3cccc(CN4CCOCC4)c3)nc(-c3ccc(C)o3)n2)n1. The molecular formula is C27H30N6O4. The average Bonchev–Trinajstić information content (AvgIpc) is 3.47. The van der Waals surface area contributed by atoms with E-state index in [1.54, 1.807) is 16.8 Å². The molecule has 10 heteroatoms. The topological polar surface area (TPSA) is 108 Å². The third-order valence-corrected chi connectivity index (χ3v) is 5.95. The zero-order valence-electron chi connectivity index (χ0n) is 21.2. The first-order valence-corrected chi connectivity index (χ1v) is 12.2. The number of rotatable bonds is 8. The number of carbonyl (C=O) groups is 1. The predicted octanol–water partition coefficient (Wildman–Crippen LogP) is 3.70. The smallest absolute Gasteiger partial charge is 0.263 e. The van der Waals surface area contributed by atoms with E-state index in [4.69, 9.17) is 13.9 Å². The van der Waals surface area contributed by atoms with Crippen LogP contribution in [0.5, 0.6) is 5.75 Å². The highest BCUT2D eigenvalue weighted by atomic mass is 16.5. The molecule has 1 saturated heterocycles. The van der Waals surface area contributed by atoms with Crippen molar-refractivity contribution in [3.05, 3.63) is 71.2 Å². The molecule has 1 aromatic carbocycles. The third kappa shape index (κ3) is 6.22. The fourth-order valence-corrected chi connectivity index (χ4v) is 4.21. The number of benzene rings is 1. The van der Waals surface area contributed by atoms with Gasteiger partial charge in [-0.2, -0.15) is 5.10 Å². The van der Waals surface area contributed by atoms with Gasteiger partial charge in [-0.25, -0.2) is 14.6 Å². The summed E-state index contributed by atoms with van der Waals surface area (Å²) in [5.41, 5.74) is 2.90. The van der Waals surface area contributed by atoms with Crippen molar-refractivity contribution in [3.63, 3.8) is 0 Å². The summed E-state index contributed by atoms with van der Waals surface area (Å²) in [6, 6.07) is 15.1. The van der Waals surface area contributed by atoms with Crippen molar-refractivity contribution in [2.24, 2.45) is 0 Å². The summed E-state index contributed by atoms with van der Waals surface area (Å²) in [6.07, 6.45) is 0. The lowest BCUT2D eigenvalue weighted by molar-refractivity contribution is -0.118. The van der Waals surface area contributed by atoms with E-state index in [1.807, 2.05) is 51.1 Å². The van der Waals surface area contributed by atoms with Crippen molar-refractivity contribution >= 4 is 11.7 Å². The lowest BCUT2D eigenvalue weighted by atomic mass is 10.2. The second-order valence-corrected chi connectivity index (χ2v) is 9.06. The minimum absolute atomic E-state index is 0.157. The zero-order valence-corrected chi connectivity index (χ0v) is 21.2. The van der Waals surface area contributed by atoms with Gasteiger partial charge >= 0.3 is 0 Å². The molecule has 1 aliphatic rings. The minimum Gasteiger partial charge on any atom is -0.484 e. The van der Waals surface area contributed by atoms with Crippen LogP contribution in [0.25, 0.3) is 17.4 Å². The second-order valence-electron chi connectivity index (χ2n) is 9.06. The summed E-state index contributed by atoms with van der Waals surface area (Å²) < 4.78 is 18.6. The first-order valence-electron chi connectivity index (χ1n) is 12.2. The van der Waals surface area contributed by atoms with Crippen LogP contribution in [0.4, 0.5) is 5.82 Å². The van der Waals surface area contributed by atoms with E-state index >= 15 is 0 Å². The molecule has 10 nitrogen and oxygen atoms in total. The van der Waals surface area contributed by atoms with Gasteiger partial charge < -0.3 is 19.2 Å². The molecule has 192 valence electrons. The quantitative estimate of drug-likeness (QED) is 0.389. The molecule has 0 unspecified atom stereocenters. The number of aryl methyl sites for hydroxylation is 3. The Bertz CT molecular complexity index is 1390. The summed E-state index contributed by atoms with van der Waals surface area (Å²) in [5, 5.41) is 7.34. The monoisotopic (exact) mass is 502 g/mol. The number of amides is 1. The van der Waals surface area contributed by atoms with Gasteiger partial charge in [0.05, 0.1) is 18.9 Å². The number of nitrogens with zero attached hydrogens (tertiary/aromatic N) is 5. The normalized spacial score (nSPS) is 14.0. The molecule has 5 rings (SSSR count). The van der Waals surface area contributed by atoms with Gasteiger partial charge in [0, 0.05) is 31.4 Å². The minimum atomic E-state index is -0.335. The summed E-state index contributed by atoms with van der Waals surface area (Å²) >= 11 is 0. The van der Waals surface area contributed by atoms with Crippen LogP contribution in [-0.2, 0) is 16.1 Å². The van der Waals surface area contributed by atoms with E-state index in [-0.39, 0.29) is 12.5 Å². The van der Waals surface area contributed by atoms with Crippen molar-refractivity contribution in [1.82, 2.24) is 24.6 Å². The molecule has 1 fully saturated rings. The number of morpholine rings is 1. The Hall–Kier alpha value is -4.02. The summed E-state index contributed by atoms with van der Waals surface area (Å²) in [4.78, 5) is 24.3. The van der Waals surface area contributed by atoms with Gasteiger partial charge in [-0.15, -0.1) is 0 Å². The van der Waals surface area contributed by atoms with E-state index in [0.717, 1.165) is 55.6 Å². The lowest BCUT2D eigenvalue weighted by Gasteiger charge is -2.26. The van der Waals surface area contributed by atoms with Crippen LogP contribution in [-0.4, -0.2) is 63.5 Å². The highest BCUT2D eigenvalue weighted by molar-refractivity contribution is 5.91. The number of carbonyl (C=O) groups excluding carboxylic acids is 1. The number of anilines is 1. The van der Waals surface area contributed by atoms with Crippen molar-refractivity contribution < 1.29 is 18.7 Å². The highest BCUT2D eigenvalue weighted by Crippen LogP contribution is 2.23. The molecular weight excluding hydrogens is 472 g/mol. The summed E-state index contributed by atoms with van der Waals surface area (Å²) in [6.45, 7) is 9.69. The third-order valence-electron chi connectivity index (χ3n) is 5.95. The Kier molecular flexibility index (Phi) is 7.29. The molecule has 0 aliphatic carbocycles. The molecule has 3 aromatic heterocycles. The van der Waals surface area contributed by atoms with Crippen molar-refractivity contribution in [2.45, 2.75) is 27.3 Å². The molecule has 37 heavy (non-hydrogen) atoms. The largest absolute Gasteiger partial charge is 0.484 e. The number of ether oxygens (including phenoxy) is 2. The molecule has 0 atom stereocenters. The first kappa shape index (κ1) is 24.7. The predicted molar refractivity (Wildman–Crippen MR) is 138 cm³/mol. The number of aromatic nitrogens is 4. The van der Waals surface area contributed by atoms with Crippen LogP contribution in [0.15, 0.2) is 52.9 Å². The Balaban J connectivity index is 1.29. The number of hydrogen-bond donors (Lipinski definition) is 1. The Labute approximate surface area is 215 Å². The van der Waals surface area contributed by atoms with Crippen LogP contribution in [0, 0.1) is 20.8 Å². The number of nitrogens with one attached hydrogen (secondary N) is 1. The van der Waals surface area contributed by atoms with Crippen LogP contribution in [0.2, 0.25) is 0 Å². The van der Waals surface area contributed by atoms with Gasteiger partial charge in [-0.3, -0.25) is 9.69 Å². The molecule has 0 bridgehead atoms. The Morgan fingerprint density at radius 3 is 2.62 bits per heavy atom. The lowest BCUT2D eigenvalue weighted by Crippen LogP contribution is -2.35. The van der Waals surface area contributed by atoms with E-state index in [9.17, 15) is 4.79 Å². The van der Waals surface area contributed by atoms with Crippen LogP contribution >= 0.6 is 0 Å². The van der Waals surface area contributed by atoms with Crippen LogP contribution in [0.3, 0.4) is 0 Å². The maximum Gasteiger partial charge on any atom is 0.263 e. The molecule has 0 spiro atoms. The first-order chi connectivity index (χ1) is 17.9. The van der Waals surface area contributed by atoms with Crippen LogP contribution < -0.4 is 10.1 Å². The molecule has 1 N–H and O–H groups in total. The van der Waals surface area contributed by atoms with Gasteiger partial charge in [-0.1, -0.05) is 12.1 Å². The van der Waals surface area contributed by atoms with Gasteiger partial charge in [0.1, 0.15) is 17.3 Å². The summed E-state index contributed by atoms with van der Waals surface area (Å²) in [5.74, 6) is 2.75.